The summed E-state index contributed by atoms with van der Waals surface area (Å²) in [6, 6.07) is 0. The standard InChI is InChI=1S/C47H74O17/c1-42(2)16-22-21-8-9-27-44(5)12-11-28(43(3,4)26(44)10-13-46(27,7)45(21,6)14-15-47(22)17-29(42)63-41(47)57)62-40-37(64-39-36(56)33(53)31(51)24(18-48)60-39)34(54)32(52)25(61-40)20-59-38-35(55)30(50)23(49)19-58-38/h8,22-40,48-56H,9-20H2,1-7H3/t22-,23-,24+,25+,26-,27+,28-,29-,30-,31+,32+,33-,34-,35+,36+,37+,38-,39-,40-,44-,45+,46+,47+/m0/s1. The van der Waals surface area contributed by atoms with Crippen LogP contribution in [0.3, 0.4) is 0 Å². The Kier molecular flexibility index (Phi) is 12.2. The van der Waals surface area contributed by atoms with Gasteiger partial charge in [-0.3, -0.25) is 4.79 Å². The molecule has 8 fully saturated rings. The number of carbonyl (C=O) groups excluding carboxylic acids is 1. The molecule has 17 nitrogen and oxygen atoms in total. The quantitative estimate of drug-likeness (QED) is 0.0927. The molecule has 0 aromatic carbocycles. The fraction of sp³-hybridized carbons (Fsp3) is 0.936. The number of fused-ring (bicyclic) bond motifs is 7. The number of aliphatic hydroxyl groups is 9. The number of carbonyl (C=O) groups is 1. The lowest BCUT2D eigenvalue weighted by Crippen LogP contribution is -2.67. The van der Waals surface area contributed by atoms with Gasteiger partial charge in [-0.25, -0.2) is 0 Å². The van der Waals surface area contributed by atoms with E-state index in [0.717, 1.165) is 51.4 Å². The van der Waals surface area contributed by atoms with Crippen LogP contribution in [0.15, 0.2) is 11.6 Å². The molecule has 23 atom stereocenters. The predicted molar refractivity (Wildman–Crippen MR) is 222 cm³/mol. The largest absolute Gasteiger partial charge is 0.461 e. The number of hydrogen-bond donors (Lipinski definition) is 9. The maximum atomic E-state index is 13.7. The molecule has 0 unspecified atom stereocenters. The van der Waals surface area contributed by atoms with Gasteiger partial charge in [0, 0.05) is 11.8 Å². The zero-order chi connectivity index (χ0) is 46.3. The Bertz CT molecular complexity index is 1790. The molecule has 5 aliphatic carbocycles. The highest BCUT2D eigenvalue weighted by Gasteiger charge is 2.72. The Hall–Kier alpha value is -1.39. The molecule has 0 radical (unpaired) electrons. The second kappa shape index (κ2) is 16.4. The van der Waals surface area contributed by atoms with Crippen molar-refractivity contribution in [3.63, 3.8) is 0 Å². The molecule has 9 N–H and O–H groups in total. The number of esters is 1. The first-order valence-corrected chi connectivity index (χ1v) is 23.8. The van der Waals surface area contributed by atoms with Crippen molar-refractivity contribution in [1.29, 1.82) is 0 Å². The van der Waals surface area contributed by atoms with Crippen molar-refractivity contribution in [2.24, 2.45) is 50.2 Å². The van der Waals surface area contributed by atoms with Gasteiger partial charge < -0.3 is 79.1 Å². The first kappa shape index (κ1) is 47.7. The van der Waals surface area contributed by atoms with Gasteiger partial charge in [-0.1, -0.05) is 60.1 Å². The average Bonchev–Trinajstić information content (AvgIpc) is 3.55. The molecule has 0 amide bonds. The highest BCUT2D eigenvalue weighted by molar-refractivity contribution is 5.81. The van der Waals surface area contributed by atoms with Crippen molar-refractivity contribution in [1.82, 2.24) is 0 Å². The minimum atomic E-state index is -1.81. The zero-order valence-electron chi connectivity index (χ0n) is 38.3. The van der Waals surface area contributed by atoms with Crippen LogP contribution in [0.25, 0.3) is 0 Å². The summed E-state index contributed by atoms with van der Waals surface area (Å²) in [5.41, 5.74) is 0.288. The summed E-state index contributed by atoms with van der Waals surface area (Å²) in [6.07, 6.45) is -11.9. The summed E-state index contributed by atoms with van der Waals surface area (Å²) in [6.45, 7) is 14.9. The lowest BCUT2D eigenvalue weighted by atomic mass is 9.33. The minimum Gasteiger partial charge on any atom is -0.461 e. The van der Waals surface area contributed by atoms with Crippen LogP contribution in [0.1, 0.15) is 106 Å². The lowest BCUT2D eigenvalue weighted by molar-refractivity contribution is -0.381. The molecule has 0 aromatic heterocycles. The zero-order valence-corrected chi connectivity index (χ0v) is 38.3. The third-order valence-corrected chi connectivity index (χ3v) is 19.3. The molecular weight excluding hydrogens is 836 g/mol. The van der Waals surface area contributed by atoms with Crippen LogP contribution in [0.4, 0.5) is 0 Å². The highest BCUT2D eigenvalue weighted by atomic mass is 16.8. The average molecular weight is 911 g/mol. The molecule has 1 spiro atoms. The fourth-order valence-electron chi connectivity index (χ4n) is 15.2. The summed E-state index contributed by atoms with van der Waals surface area (Å²) in [5, 5.41) is 95.6. The predicted octanol–water partition coefficient (Wildman–Crippen LogP) is 0.796. The maximum Gasteiger partial charge on any atom is 0.313 e. The number of ether oxygens (including phenoxy) is 7. The van der Waals surface area contributed by atoms with Gasteiger partial charge in [0.2, 0.25) is 0 Å². The van der Waals surface area contributed by atoms with E-state index in [-0.39, 0.29) is 52.2 Å². The summed E-state index contributed by atoms with van der Waals surface area (Å²) in [7, 11) is 0. The Labute approximate surface area is 375 Å². The van der Waals surface area contributed by atoms with Gasteiger partial charge >= 0.3 is 5.97 Å². The molecule has 2 bridgehead atoms. The van der Waals surface area contributed by atoms with Crippen LogP contribution < -0.4 is 0 Å². The van der Waals surface area contributed by atoms with Crippen molar-refractivity contribution in [2.45, 2.75) is 204 Å². The van der Waals surface area contributed by atoms with Gasteiger partial charge in [-0.15, -0.1) is 0 Å². The van der Waals surface area contributed by atoms with Gasteiger partial charge in [-0.05, 0) is 90.8 Å². The first-order valence-electron chi connectivity index (χ1n) is 23.8. The lowest BCUT2D eigenvalue weighted by Gasteiger charge is -2.71. The number of aliphatic hydroxyl groups excluding tert-OH is 9. The smallest absolute Gasteiger partial charge is 0.313 e. The normalized spacial score (nSPS) is 55.3. The summed E-state index contributed by atoms with van der Waals surface area (Å²) < 4.78 is 42.3. The summed E-state index contributed by atoms with van der Waals surface area (Å²) >= 11 is 0. The van der Waals surface area contributed by atoms with Gasteiger partial charge in [0.1, 0.15) is 73.2 Å². The van der Waals surface area contributed by atoms with Crippen LogP contribution in [-0.4, -0.2) is 170 Å². The van der Waals surface area contributed by atoms with Crippen molar-refractivity contribution in [3.8, 4) is 0 Å². The molecule has 4 saturated carbocycles. The molecule has 0 aromatic rings. The van der Waals surface area contributed by atoms with Crippen LogP contribution in [-0.2, 0) is 38.0 Å². The van der Waals surface area contributed by atoms with Crippen molar-refractivity contribution in [3.05, 3.63) is 11.6 Å². The van der Waals surface area contributed by atoms with Gasteiger partial charge in [0.05, 0.1) is 31.3 Å². The third kappa shape index (κ3) is 6.98. The Morgan fingerprint density at radius 2 is 1.39 bits per heavy atom. The third-order valence-electron chi connectivity index (χ3n) is 19.3. The highest BCUT2D eigenvalue weighted by Crippen LogP contribution is 2.76. The monoisotopic (exact) mass is 910 g/mol. The molecule has 9 rings (SSSR count). The van der Waals surface area contributed by atoms with E-state index >= 15 is 0 Å². The molecule has 17 heteroatoms. The maximum absolute atomic E-state index is 13.7. The van der Waals surface area contributed by atoms with Gasteiger partial charge in [-0.2, -0.15) is 0 Å². The minimum absolute atomic E-state index is 0.000283. The van der Waals surface area contributed by atoms with Crippen LogP contribution in [0.5, 0.6) is 0 Å². The van der Waals surface area contributed by atoms with E-state index in [9.17, 15) is 50.8 Å². The summed E-state index contributed by atoms with van der Waals surface area (Å²) in [4.78, 5) is 13.7. The fourth-order valence-corrected chi connectivity index (χ4v) is 15.2. The van der Waals surface area contributed by atoms with Crippen molar-refractivity contribution < 1.29 is 83.9 Å². The van der Waals surface area contributed by atoms with E-state index in [1.54, 1.807) is 0 Å². The number of rotatable bonds is 8. The van der Waals surface area contributed by atoms with Crippen molar-refractivity contribution >= 4 is 5.97 Å². The number of hydrogen-bond acceptors (Lipinski definition) is 17. The van der Waals surface area contributed by atoms with E-state index in [0.29, 0.717) is 12.3 Å². The topological polar surface area (TPSA) is 264 Å². The Balaban J connectivity index is 0.971. The number of allylic oxidation sites excluding steroid dienone is 2. The molecule has 9 aliphatic rings. The van der Waals surface area contributed by atoms with E-state index in [1.807, 2.05) is 0 Å². The molecular formula is C47H74O17. The molecule has 64 heavy (non-hydrogen) atoms. The Morgan fingerprint density at radius 3 is 2.11 bits per heavy atom. The molecule has 4 aliphatic heterocycles. The van der Waals surface area contributed by atoms with Gasteiger partial charge in [0.25, 0.3) is 0 Å². The van der Waals surface area contributed by atoms with Crippen LogP contribution in [0, 0.1) is 50.2 Å². The van der Waals surface area contributed by atoms with Gasteiger partial charge in [0.15, 0.2) is 18.9 Å². The van der Waals surface area contributed by atoms with Crippen LogP contribution in [0.2, 0.25) is 0 Å². The van der Waals surface area contributed by atoms with E-state index < -0.39 is 116 Å². The molecule has 4 saturated heterocycles. The van der Waals surface area contributed by atoms with E-state index in [4.69, 9.17) is 33.2 Å². The van der Waals surface area contributed by atoms with E-state index in [1.165, 1.54) is 5.57 Å². The Morgan fingerprint density at radius 1 is 0.703 bits per heavy atom. The first-order chi connectivity index (χ1) is 29.9. The molecule has 4 heterocycles. The van der Waals surface area contributed by atoms with Crippen LogP contribution >= 0.6 is 0 Å². The van der Waals surface area contributed by atoms with Crippen molar-refractivity contribution in [2.75, 3.05) is 19.8 Å². The second-order valence-corrected chi connectivity index (χ2v) is 23.2. The second-order valence-electron chi connectivity index (χ2n) is 23.2. The van der Waals surface area contributed by atoms with E-state index in [2.05, 4.69) is 54.5 Å². The SMILES string of the molecule is CC1(C)C[C@H]2C3=CC[C@@H]4[C@@]5(C)CC[C@H](O[C@@H]6O[C@H](CO[C@@H]7OC[C@H](O)[C@H](O)[C@H]7O)[C@@H](O)[C@H](O)[C@H]6O[C@@H]6O[C@H](CO)[C@@H](O)[C@H](O)[C@H]6O)C(C)(C)[C@@H]5CC[C@@]4(C)[C@]3(C)CC[C@@]23C[C@@H]1OC3=O. The molecule has 364 valence electrons. The summed E-state index contributed by atoms with van der Waals surface area (Å²) in [5.74, 6) is 0.720.